The summed E-state index contributed by atoms with van der Waals surface area (Å²) in [5.41, 5.74) is 1.90. The average molecular weight is 303 g/mol. The number of nitrogens with one attached hydrogen (secondary N) is 1. The van der Waals surface area contributed by atoms with Gasteiger partial charge in [0.1, 0.15) is 0 Å². The fraction of sp³-hybridized carbons (Fsp3) is 0.357. The van der Waals surface area contributed by atoms with Crippen LogP contribution in [0.1, 0.15) is 0 Å². The number of anilines is 3. The van der Waals surface area contributed by atoms with E-state index >= 15 is 0 Å². The van der Waals surface area contributed by atoms with Crippen molar-refractivity contribution in [2.24, 2.45) is 7.05 Å². The van der Waals surface area contributed by atoms with Gasteiger partial charge in [-0.1, -0.05) is 0 Å². The van der Waals surface area contributed by atoms with Crippen molar-refractivity contribution in [3.8, 4) is 0 Å². The molecule has 0 spiro atoms. The SMILES string of the molecule is Cn1cnc([N+](=O)[O-])c1Nc1ccc(N2CCOCC2)cc1. The second-order valence-corrected chi connectivity index (χ2v) is 5.06. The van der Waals surface area contributed by atoms with Crippen LogP contribution in [0.3, 0.4) is 0 Å². The normalized spacial score (nSPS) is 14.9. The molecule has 1 fully saturated rings. The number of hydrogen-bond acceptors (Lipinski definition) is 6. The molecule has 8 nitrogen and oxygen atoms in total. The molecule has 0 bridgehead atoms. The lowest BCUT2D eigenvalue weighted by Gasteiger charge is -2.28. The summed E-state index contributed by atoms with van der Waals surface area (Å²) in [6.45, 7) is 3.22. The van der Waals surface area contributed by atoms with E-state index in [1.807, 2.05) is 24.3 Å². The van der Waals surface area contributed by atoms with E-state index in [4.69, 9.17) is 4.74 Å². The summed E-state index contributed by atoms with van der Waals surface area (Å²) in [6, 6.07) is 7.80. The van der Waals surface area contributed by atoms with Gasteiger partial charge in [-0.25, -0.2) is 0 Å². The van der Waals surface area contributed by atoms with Crippen molar-refractivity contribution < 1.29 is 9.66 Å². The maximum Gasteiger partial charge on any atom is 0.406 e. The van der Waals surface area contributed by atoms with E-state index in [2.05, 4.69) is 15.2 Å². The van der Waals surface area contributed by atoms with Crippen molar-refractivity contribution in [3.05, 3.63) is 40.7 Å². The number of hydrogen-bond donors (Lipinski definition) is 1. The zero-order valence-electron chi connectivity index (χ0n) is 12.2. The summed E-state index contributed by atoms with van der Waals surface area (Å²) < 4.78 is 6.93. The molecule has 1 aliphatic rings. The highest BCUT2D eigenvalue weighted by molar-refractivity contribution is 5.65. The van der Waals surface area contributed by atoms with Gasteiger partial charge in [-0.05, 0) is 34.2 Å². The number of aromatic nitrogens is 2. The van der Waals surface area contributed by atoms with E-state index in [1.165, 1.54) is 6.33 Å². The Labute approximate surface area is 127 Å². The van der Waals surface area contributed by atoms with Gasteiger partial charge < -0.3 is 25.1 Å². The Hall–Kier alpha value is -2.61. The summed E-state index contributed by atoms with van der Waals surface area (Å²) in [7, 11) is 1.71. The number of aryl methyl sites for hydroxylation is 1. The van der Waals surface area contributed by atoms with Gasteiger partial charge in [0.2, 0.25) is 12.1 Å². The molecule has 1 saturated heterocycles. The van der Waals surface area contributed by atoms with Gasteiger partial charge in [0.15, 0.2) is 0 Å². The quantitative estimate of drug-likeness (QED) is 0.686. The van der Waals surface area contributed by atoms with E-state index in [0.717, 1.165) is 37.7 Å². The molecule has 1 N–H and O–H groups in total. The molecule has 3 rings (SSSR count). The van der Waals surface area contributed by atoms with Crippen LogP contribution in [0.4, 0.5) is 23.0 Å². The van der Waals surface area contributed by atoms with Crippen LogP contribution in [0.25, 0.3) is 0 Å². The molecular formula is C14H17N5O3. The molecule has 2 aromatic rings. The highest BCUT2D eigenvalue weighted by Crippen LogP contribution is 2.26. The molecule has 8 heteroatoms. The summed E-state index contributed by atoms with van der Waals surface area (Å²) >= 11 is 0. The average Bonchev–Trinajstić information content (AvgIpc) is 2.90. The van der Waals surface area contributed by atoms with E-state index in [1.54, 1.807) is 11.6 Å². The van der Waals surface area contributed by atoms with Crippen LogP contribution in [0.2, 0.25) is 0 Å². The molecule has 0 unspecified atom stereocenters. The first kappa shape index (κ1) is 14.3. The standard InChI is InChI=1S/C14H17N5O3/c1-17-10-15-13(19(20)21)14(17)16-11-2-4-12(5-3-11)18-6-8-22-9-7-18/h2-5,10,16H,6-9H2,1H3. The Kier molecular flexibility index (Phi) is 3.92. The molecule has 0 radical (unpaired) electrons. The van der Waals surface area contributed by atoms with Crippen molar-refractivity contribution >= 4 is 23.0 Å². The smallest absolute Gasteiger partial charge is 0.378 e. The van der Waals surface area contributed by atoms with Crippen molar-refractivity contribution in [1.82, 2.24) is 9.55 Å². The third kappa shape index (κ3) is 2.86. The zero-order valence-corrected chi connectivity index (χ0v) is 12.2. The molecule has 1 aliphatic heterocycles. The van der Waals surface area contributed by atoms with Crippen LogP contribution < -0.4 is 10.2 Å². The fourth-order valence-electron chi connectivity index (χ4n) is 2.41. The Morgan fingerprint density at radius 3 is 2.59 bits per heavy atom. The third-order valence-electron chi connectivity index (χ3n) is 3.60. The molecule has 0 aliphatic carbocycles. The summed E-state index contributed by atoms with van der Waals surface area (Å²) in [5, 5.41) is 14.0. The van der Waals surface area contributed by atoms with Gasteiger partial charge in [-0.3, -0.25) is 4.57 Å². The minimum absolute atomic E-state index is 0.181. The van der Waals surface area contributed by atoms with Crippen LogP contribution in [0, 0.1) is 10.1 Å². The Morgan fingerprint density at radius 1 is 1.27 bits per heavy atom. The highest BCUT2D eigenvalue weighted by atomic mass is 16.6. The molecule has 1 aromatic heterocycles. The summed E-state index contributed by atoms with van der Waals surface area (Å²) in [5.74, 6) is 0.184. The van der Waals surface area contributed by atoms with Gasteiger partial charge in [0.25, 0.3) is 0 Å². The molecule has 116 valence electrons. The molecule has 2 heterocycles. The molecule has 1 aromatic carbocycles. The minimum Gasteiger partial charge on any atom is -0.378 e. The molecule has 0 atom stereocenters. The lowest BCUT2D eigenvalue weighted by atomic mass is 10.2. The first-order chi connectivity index (χ1) is 10.6. The van der Waals surface area contributed by atoms with Crippen LogP contribution in [-0.4, -0.2) is 40.8 Å². The zero-order chi connectivity index (χ0) is 15.5. The van der Waals surface area contributed by atoms with E-state index in [-0.39, 0.29) is 5.82 Å². The lowest BCUT2D eigenvalue weighted by Crippen LogP contribution is -2.36. The van der Waals surface area contributed by atoms with E-state index in [9.17, 15) is 10.1 Å². The van der Waals surface area contributed by atoms with Crippen molar-refractivity contribution in [3.63, 3.8) is 0 Å². The number of morpholine rings is 1. The van der Waals surface area contributed by atoms with Gasteiger partial charge in [-0.2, -0.15) is 0 Å². The predicted molar refractivity (Wildman–Crippen MR) is 82.6 cm³/mol. The number of benzene rings is 1. The van der Waals surface area contributed by atoms with Crippen LogP contribution in [-0.2, 0) is 11.8 Å². The first-order valence-electron chi connectivity index (χ1n) is 7.00. The van der Waals surface area contributed by atoms with Crippen molar-refractivity contribution in [1.29, 1.82) is 0 Å². The topological polar surface area (TPSA) is 85.5 Å². The summed E-state index contributed by atoms with van der Waals surface area (Å²) in [4.78, 5) is 16.5. The van der Waals surface area contributed by atoms with Crippen molar-refractivity contribution in [2.45, 2.75) is 0 Å². The number of nitrogens with zero attached hydrogens (tertiary/aromatic N) is 4. The van der Waals surface area contributed by atoms with Gasteiger partial charge in [0.05, 0.1) is 13.2 Å². The van der Waals surface area contributed by atoms with E-state index in [0.29, 0.717) is 5.82 Å². The highest BCUT2D eigenvalue weighted by Gasteiger charge is 2.20. The van der Waals surface area contributed by atoms with Gasteiger partial charge >= 0.3 is 5.82 Å². The Bertz CT molecular complexity index is 662. The third-order valence-corrected chi connectivity index (χ3v) is 3.60. The maximum atomic E-state index is 11.0. The molecule has 0 saturated carbocycles. The molecule has 22 heavy (non-hydrogen) atoms. The second kappa shape index (κ2) is 6.02. The number of rotatable bonds is 4. The first-order valence-corrected chi connectivity index (χ1v) is 7.00. The Morgan fingerprint density at radius 2 is 1.95 bits per heavy atom. The lowest BCUT2D eigenvalue weighted by molar-refractivity contribution is -0.388. The largest absolute Gasteiger partial charge is 0.406 e. The second-order valence-electron chi connectivity index (χ2n) is 5.06. The number of ether oxygens (including phenoxy) is 1. The van der Waals surface area contributed by atoms with Crippen molar-refractivity contribution in [2.75, 3.05) is 36.5 Å². The predicted octanol–water partition coefficient (Wildman–Crippen LogP) is 1.91. The summed E-state index contributed by atoms with van der Waals surface area (Å²) in [6.07, 6.45) is 1.42. The van der Waals surface area contributed by atoms with Crippen LogP contribution >= 0.6 is 0 Å². The maximum absolute atomic E-state index is 11.0. The van der Waals surface area contributed by atoms with Crippen LogP contribution in [0.5, 0.6) is 0 Å². The number of imidazole rings is 1. The minimum atomic E-state index is -0.496. The molecule has 0 amide bonds. The van der Waals surface area contributed by atoms with Crippen LogP contribution in [0.15, 0.2) is 30.6 Å². The fourth-order valence-corrected chi connectivity index (χ4v) is 2.41. The van der Waals surface area contributed by atoms with Gasteiger partial charge in [0, 0.05) is 31.5 Å². The molecular weight excluding hydrogens is 286 g/mol. The number of nitro groups is 1. The Balaban J connectivity index is 1.76. The van der Waals surface area contributed by atoms with Gasteiger partial charge in [-0.15, -0.1) is 0 Å². The van der Waals surface area contributed by atoms with E-state index < -0.39 is 4.92 Å². The monoisotopic (exact) mass is 303 g/mol.